The molecule has 3 aromatic heterocycles. The Bertz CT molecular complexity index is 3120. The molecule has 7 aromatic carbocycles. The first kappa shape index (κ1) is 32.1. The molecule has 0 spiro atoms. The lowest BCUT2D eigenvalue weighted by atomic mass is 9.92. The third-order valence-electron chi connectivity index (χ3n) is 10.8. The van der Waals surface area contributed by atoms with Gasteiger partial charge in [0.05, 0.1) is 0 Å². The van der Waals surface area contributed by atoms with Gasteiger partial charge in [-0.2, -0.15) is 0 Å². The van der Waals surface area contributed by atoms with Gasteiger partial charge in [0.2, 0.25) is 0 Å². The zero-order chi connectivity index (χ0) is 37.0. The molecule has 0 amide bonds. The van der Waals surface area contributed by atoms with Gasteiger partial charge < -0.3 is 8.83 Å². The van der Waals surface area contributed by atoms with Gasteiger partial charge in [0, 0.05) is 43.8 Å². The Hall–Kier alpha value is -7.37. The van der Waals surface area contributed by atoms with Gasteiger partial charge in [-0.05, 0) is 71.0 Å². The summed E-state index contributed by atoms with van der Waals surface area (Å²) in [5.74, 6) is 1.82. The third-order valence-corrected chi connectivity index (χ3v) is 10.8. The molecule has 11 rings (SSSR count). The van der Waals surface area contributed by atoms with Crippen molar-refractivity contribution >= 4 is 49.5 Å². The molecule has 0 saturated heterocycles. The van der Waals surface area contributed by atoms with E-state index in [0.717, 1.165) is 95.7 Å². The maximum Gasteiger partial charge on any atom is 0.164 e. The second kappa shape index (κ2) is 13.2. The van der Waals surface area contributed by atoms with Crippen LogP contribution in [0.1, 0.15) is 18.4 Å². The van der Waals surface area contributed by atoms with Crippen LogP contribution < -0.4 is 0 Å². The topological polar surface area (TPSA) is 65.0 Å². The van der Waals surface area contributed by atoms with Crippen molar-refractivity contribution in [3.8, 4) is 56.4 Å². The molecular formula is C51H33N3O2. The van der Waals surface area contributed by atoms with Gasteiger partial charge in [-0.15, -0.1) is 0 Å². The molecule has 56 heavy (non-hydrogen) atoms. The molecular weight excluding hydrogens is 687 g/mol. The van der Waals surface area contributed by atoms with E-state index >= 15 is 0 Å². The minimum Gasteiger partial charge on any atom is -0.456 e. The Morgan fingerprint density at radius 3 is 1.79 bits per heavy atom. The number of benzene rings is 7. The number of hydrogen-bond acceptors (Lipinski definition) is 5. The summed E-state index contributed by atoms with van der Waals surface area (Å²) in [5.41, 5.74) is 12.9. The van der Waals surface area contributed by atoms with E-state index < -0.39 is 0 Å². The molecule has 5 nitrogen and oxygen atoms in total. The molecule has 1 aliphatic carbocycles. The molecule has 264 valence electrons. The van der Waals surface area contributed by atoms with Crippen LogP contribution in [0.15, 0.2) is 185 Å². The molecule has 0 aliphatic heterocycles. The van der Waals surface area contributed by atoms with E-state index in [4.69, 9.17) is 23.8 Å². The fraction of sp³-hybridized carbons (Fsp3) is 0.0392. The molecule has 1 aliphatic rings. The van der Waals surface area contributed by atoms with Crippen molar-refractivity contribution in [2.24, 2.45) is 0 Å². The van der Waals surface area contributed by atoms with Gasteiger partial charge in [0.25, 0.3) is 0 Å². The normalized spacial score (nSPS) is 12.9. The lowest BCUT2D eigenvalue weighted by Gasteiger charge is -2.11. The summed E-state index contributed by atoms with van der Waals surface area (Å²) in [5, 5.41) is 4.12. The minimum absolute atomic E-state index is 0.589. The largest absolute Gasteiger partial charge is 0.456 e. The monoisotopic (exact) mass is 719 g/mol. The van der Waals surface area contributed by atoms with Crippen molar-refractivity contribution < 1.29 is 8.83 Å². The first-order valence-corrected chi connectivity index (χ1v) is 19.0. The highest BCUT2D eigenvalue weighted by atomic mass is 16.3. The Balaban J connectivity index is 1.09. The summed E-state index contributed by atoms with van der Waals surface area (Å²) >= 11 is 0. The number of nitrogens with zero attached hydrogens (tertiary/aromatic N) is 3. The summed E-state index contributed by atoms with van der Waals surface area (Å²) in [6.45, 7) is 0. The highest BCUT2D eigenvalue weighted by molar-refractivity contribution is 6.18. The predicted molar refractivity (Wildman–Crippen MR) is 228 cm³/mol. The van der Waals surface area contributed by atoms with E-state index in [2.05, 4.69) is 97.1 Å². The van der Waals surface area contributed by atoms with E-state index in [1.165, 1.54) is 11.1 Å². The van der Waals surface area contributed by atoms with Crippen molar-refractivity contribution in [3.05, 3.63) is 182 Å². The molecule has 0 radical (unpaired) electrons. The standard InChI is InChI=1S/C51H33N3O2/c1-4-13-32(14-5-1)33-23-25-34(26-24-33)39-29-28-38(47-40-19-10-11-21-43(40)56-48(39)47)37-27-30-44-42(31-37)46-41(20-12-22-45(46)55-44)51-53-49(35-15-6-2-7-16-35)52-50(54-51)36-17-8-3-9-18-36/h2-4,6-31H,1,5H2. The lowest BCUT2D eigenvalue weighted by molar-refractivity contribution is 0.669. The fourth-order valence-electron chi connectivity index (χ4n) is 8.08. The van der Waals surface area contributed by atoms with Crippen molar-refractivity contribution in [1.29, 1.82) is 0 Å². The molecule has 10 aromatic rings. The van der Waals surface area contributed by atoms with Gasteiger partial charge in [0.1, 0.15) is 22.3 Å². The van der Waals surface area contributed by atoms with E-state index in [-0.39, 0.29) is 0 Å². The van der Waals surface area contributed by atoms with E-state index in [0.29, 0.717) is 17.5 Å². The van der Waals surface area contributed by atoms with Gasteiger partial charge in [-0.3, -0.25) is 0 Å². The number of para-hydroxylation sites is 1. The van der Waals surface area contributed by atoms with Gasteiger partial charge >= 0.3 is 0 Å². The van der Waals surface area contributed by atoms with Crippen LogP contribution in [-0.4, -0.2) is 15.0 Å². The van der Waals surface area contributed by atoms with Gasteiger partial charge in [-0.1, -0.05) is 146 Å². The molecule has 3 heterocycles. The molecule has 5 heteroatoms. The fourth-order valence-corrected chi connectivity index (χ4v) is 8.08. The molecule has 0 N–H and O–H groups in total. The SMILES string of the molecule is C1=CC(c2ccc(-c3ccc(-c4ccc5oc6cccc(-c7nc(-c8ccccc8)nc(-c8ccccc8)n7)c6c5c4)c4c3oc3ccccc34)cc2)=CCC1. The Morgan fingerprint density at radius 1 is 0.393 bits per heavy atom. The van der Waals surface area contributed by atoms with Crippen LogP contribution in [0, 0.1) is 0 Å². The first-order valence-electron chi connectivity index (χ1n) is 19.0. The molecule has 0 bridgehead atoms. The van der Waals surface area contributed by atoms with Crippen molar-refractivity contribution in [1.82, 2.24) is 15.0 Å². The summed E-state index contributed by atoms with van der Waals surface area (Å²) in [6, 6.07) is 54.2. The number of fused-ring (bicyclic) bond motifs is 6. The highest BCUT2D eigenvalue weighted by Crippen LogP contribution is 2.44. The average Bonchev–Trinajstić information content (AvgIpc) is 3.86. The average molecular weight is 720 g/mol. The zero-order valence-corrected chi connectivity index (χ0v) is 30.3. The predicted octanol–water partition coefficient (Wildman–Crippen LogP) is 13.7. The van der Waals surface area contributed by atoms with Crippen LogP contribution >= 0.6 is 0 Å². The lowest BCUT2D eigenvalue weighted by Crippen LogP contribution is -2.00. The summed E-state index contributed by atoms with van der Waals surface area (Å²) < 4.78 is 13.2. The number of aromatic nitrogens is 3. The minimum atomic E-state index is 0.589. The summed E-state index contributed by atoms with van der Waals surface area (Å²) in [6.07, 6.45) is 8.98. The highest BCUT2D eigenvalue weighted by Gasteiger charge is 2.21. The zero-order valence-electron chi connectivity index (χ0n) is 30.3. The van der Waals surface area contributed by atoms with Gasteiger partial charge in [0.15, 0.2) is 17.5 Å². The van der Waals surface area contributed by atoms with Crippen LogP contribution in [0.25, 0.3) is 106 Å². The second-order valence-electron chi connectivity index (χ2n) is 14.2. The van der Waals surface area contributed by atoms with Crippen LogP contribution in [0.5, 0.6) is 0 Å². The maximum absolute atomic E-state index is 6.70. The quantitative estimate of drug-likeness (QED) is 0.171. The van der Waals surface area contributed by atoms with Crippen LogP contribution in [0.2, 0.25) is 0 Å². The Kier molecular flexibility index (Phi) is 7.56. The molecule has 0 saturated carbocycles. The third kappa shape index (κ3) is 5.44. The molecule has 0 unspecified atom stereocenters. The smallest absolute Gasteiger partial charge is 0.164 e. The number of allylic oxidation sites excluding steroid dienone is 4. The van der Waals surface area contributed by atoms with E-state index in [9.17, 15) is 0 Å². The van der Waals surface area contributed by atoms with E-state index in [1.54, 1.807) is 0 Å². The summed E-state index contributed by atoms with van der Waals surface area (Å²) in [7, 11) is 0. The number of rotatable bonds is 6. The van der Waals surface area contributed by atoms with Crippen molar-refractivity contribution in [2.75, 3.05) is 0 Å². The first-order chi connectivity index (χ1) is 27.7. The number of furan rings is 2. The van der Waals surface area contributed by atoms with Crippen LogP contribution in [0.3, 0.4) is 0 Å². The summed E-state index contributed by atoms with van der Waals surface area (Å²) in [4.78, 5) is 15.1. The Labute approximate surface area is 322 Å². The van der Waals surface area contributed by atoms with Crippen molar-refractivity contribution in [3.63, 3.8) is 0 Å². The maximum atomic E-state index is 6.70. The van der Waals surface area contributed by atoms with Gasteiger partial charge in [-0.25, -0.2) is 15.0 Å². The van der Waals surface area contributed by atoms with Crippen molar-refractivity contribution in [2.45, 2.75) is 12.8 Å². The molecule has 0 atom stereocenters. The van der Waals surface area contributed by atoms with E-state index in [1.807, 2.05) is 78.9 Å². The van der Waals surface area contributed by atoms with Crippen LogP contribution in [-0.2, 0) is 0 Å². The number of hydrogen-bond donors (Lipinski definition) is 0. The van der Waals surface area contributed by atoms with Crippen LogP contribution in [0.4, 0.5) is 0 Å². The Morgan fingerprint density at radius 2 is 1.04 bits per heavy atom. The molecule has 0 fully saturated rings. The second-order valence-corrected chi connectivity index (χ2v) is 14.2.